The Balaban J connectivity index is 2.27. The Hall–Kier alpha value is -2.09. The highest BCUT2D eigenvalue weighted by Crippen LogP contribution is 2.35. The first kappa shape index (κ1) is 11.4. The van der Waals surface area contributed by atoms with Crippen LogP contribution in [0.15, 0.2) is 18.2 Å². The Morgan fingerprint density at radius 1 is 1.59 bits per heavy atom. The van der Waals surface area contributed by atoms with Crippen LogP contribution in [0.25, 0.3) is 0 Å². The minimum atomic E-state index is -0.427. The van der Waals surface area contributed by atoms with E-state index in [0.717, 1.165) is 0 Å². The van der Waals surface area contributed by atoms with Gasteiger partial charge in [0.2, 0.25) is 0 Å². The molecule has 0 amide bonds. The Kier molecular flexibility index (Phi) is 2.96. The zero-order valence-corrected chi connectivity index (χ0v) is 9.51. The molecule has 1 saturated carbocycles. The zero-order valence-electron chi connectivity index (χ0n) is 9.51. The highest BCUT2D eigenvalue weighted by Gasteiger charge is 2.29. The molecule has 1 atom stereocenters. The molecule has 17 heavy (non-hydrogen) atoms. The van der Waals surface area contributed by atoms with Gasteiger partial charge in [-0.2, -0.15) is 5.26 Å². The van der Waals surface area contributed by atoms with E-state index in [2.05, 4.69) is 5.32 Å². The molecule has 0 bridgehead atoms. The minimum absolute atomic E-state index is 0.0245. The summed E-state index contributed by atoms with van der Waals surface area (Å²) in [6.45, 7) is 2.01. The predicted octanol–water partition coefficient (Wildman–Crippen LogP) is 2.68. The first-order chi connectivity index (χ1) is 8.11. The molecule has 0 aliphatic heterocycles. The van der Waals surface area contributed by atoms with Crippen LogP contribution in [-0.4, -0.2) is 11.0 Å². The molecule has 2 rings (SSSR count). The van der Waals surface area contributed by atoms with Gasteiger partial charge in [0.25, 0.3) is 5.69 Å². The highest BCUT2D eigenvalue weighted by atomic mass is 16.6. The molecule has 1 aliphatic rings. The van der Waals surface area contributed by atoms with E-state index in [1.54, 1.807) is 0 Å². The molecule has 1 aromatic rings. The quantitative estimate of drug-likeness (QED) is 0.638. The molecular weight excluding hydrogens is 218 g/mol. The first-order valence-corrected chi connectivity index (χ1v) is 5.57. The van der Waals surface area contributed by atoms with Crippen molar-refractivity contribution < 1.29 is 4.92 Å². The fraction of sp³-hybridized carbons (Fsp3) is 0.417. The van der Waals surface area contributed by atoms with E-state index in [9.17, 15) is 10.1 Å². The number of nitriles is 1. The lowest BCUT2D eigenvalue weighted by atomic mass is 10.1. The lowest BCUT2D eigenvalue weighted by Gasteiger charge is -2.14. The van der Waals surface area contributed by atoms with Crippen molar-refractivity contribution in [1.29, 1.82) is 5.26 Å². The van der Waals surface area contributed by atoms with E-state index in [0.29, 0.717) is 17.2 Å². The van der Waals surface area contributed by atoms with Crippen molar-refractivity contribution in [2.75, 3.05) is 5.32 Å². The third-order valence-electron chi connectivity index (χ3n) is 3.03. The summed E-state index contributed by atoms with van der Waals surface area (Å²) < 4.78 is 0. The summed E-state index contributed by atoms with van der Waals surface area (Å²) in [6.07, 6.45) is 2.33. The number of hydrogen-bond donors (Lipinski definition) is 1. The molecule has 5 nitrogen and oxygen atoms in total. The normalized spacial score (nSPS) is 16.0. The molecular formula is C12H13N3O2. The molecule has 0 radical (unpaired) electrons. The van der Waals surface area contributed by atoms with Gasteiger partial charge in [-0.15, -0.1) is 0 Å². The van der Waals surface area contributed by atoms with Gasteiger partial charge < -0.3 is 5.32 Å². The first-order valence-electron chi connectivity index (χ1n) is 5.57. The number of nitro groups is 1. The van der Waals surface area contributed by atoms with Crippen molar-refractivity contribution in [2.24, 2.45) is 5.92 Å². The molecule has 1 aromatic carbocycles. The van der Waals surface area contributed by atoms with Crippen LogP contribution in [0.2, 0.25) is 0 Å². The van der Waals surface area contributed by atoms with E-state index in [1.165, 1.54) is 31.0 Å². The summed E-state index contributed by atoms with van der Waals surface area (Å²) in [7, 11) is 0. The van der Waals surface area contributed by atoms with Gasteiger partial charge in [-0.05, 0) is 37.8 Å². The standard InChI is InChI=1S/C12H13N3O2/c1-8(10-3-4-10)14-11-6-9(7-13)2-5-12(11)15(16)17/h2,5-6,8,10,14H,3-4H2,1H3. The van der Waals surface area contributed by atoms with Crippen LogP contribution in [0.3, 0.4) is 0 Å². The fourth-order valence-electron chi connectivity index (χ4n) is 1.84. The van der Waals surface area contributed by atoms with Crippen LogP contribution < -0.4 is 5.32 Å². The molecule has 1 N–H and O–H groups in total. The zero-order chi connectivity index (χ0) is 12.4. The average molecular weight is 231 g/mol. The summed E-state index contributed by atoms with van der Waals surface area (Å²) in [4.78, 5) is 10.4. The largest absolute Gasteiger partial charge is 0.377 e. The average Bonchev–Trinajstić information content (AvgIpc) is 3.12. The molecule has 0 saturated heterocycles. The Morgan fingerprint density at radius 3 is 2.82 bits per heavy atom. The highest BCUT2D eigenvalue weighted by molar-refractivity contribution is 5.64. The number of rotatable bonds is 4. The molecule has 88 valence electrons. The van der Waals surface area contributed by atoms with Crippen molar-refractivity contribution in [3.05, 3.63) is 33.9 Å². The van der Waals surface area contributed by atoms with Crippen LogP contribution >= 0.6 is 0 Å². The molecule has 1 aliphatic carbocycles. The van der Waals surface area contributed by atoms with Crippen LogP contribution in [-0.2, 0) is 0 Å². The lowest BCUT2D eigenvalue weighted by molar-refractivity contribution is -0.384. The number of nitro benzene ring substituents is 1. The third-order valence-corrected chi connectivity index (χ3v) is 3.03. The molecule has 0 aromatic heterocycles. The van der Waals surface area contributed by atoms with E-state index in [-0.39, 0.29) is 11.7 Å². The van der Waals surface area contributed by atoms with Crippen LogP contribution in [0.4, 0.5) is 11.4 Å². The topological polar surface area (TPSA) is 79.0 Å². The minimum Gasteiger partial charge on any atom is -0.377 e. The SMILES string of the molecule is CC(Nc1cc(C#N)ccc1[N+](=O)[O-])C1CC1. The maximum absolute atomic E-state index is 10.9. The summed E-state index contributed by atoms with van der Waals surface area (Å²) in [5.41, 5.74) is 0.894. The number of hydrogen-bond acceptors (Lipinski definition) is 4. The van der Waals surface area contributed by atoms with Crippen LogP contribution in [0, 0.1) is 27.4 Å². The van der Waals surface area contributed by atoms with Crippen LogP contribution in [0.5, 0.6) is 0 Å². The Morgan fingerprint density at radius 2 is 2.29 bits per heavy atom. The van der Waals surface area contributed by atoms with Crippen molar-refractivity contribution in [3.8, 4) is 6.07 Å². The van der Waals surface area contributed by atoms with Crippen molar-refractivity contribution in [1.82, 2.24) is 0 Å². The van der Waals surface area contributed by atoms with Gasteiger partial charge in [-0.3, -0.25) is 10.1 Å². The maximum Gasteiger partial charge on any atom is 0.292 e. The van der Waals surface area contributed by atoms with Gasteiger partial charge in [-0.1, -0.05) is 0 Å². The Bertz CT molecular complexity index is 489. The van der Waals surface area contributed by atoms with E-state index < -0.39 is 4.92 Å². The maximum atomic E-state index is 10.9. The van der Waals surface area contributed by atoms with Crippen molar-refractivity contribution in [3.63, 3.8) is 0 Å². The van der Waals surface area contributed by atoms with Gasteiger partial charge in [0.1, 0.15) is 5.69 Å². The van der Waals surface area contributed by atoms with Crippen molar-refractivity contribution >= 4 is 11.4 Å². The molecule has 0 heterocycles. The second-order valence-electron chi connectivity index (χ2n) is 4.37. The number of benzene rings is 1. The van der Waals surface area contributed by atoms with Gasteiger partial charge in [0, 0.05) is 12.1 Å². The Labute approximate surface area is 99.2 Å². The van der Waals surface area contributed by atoms with E-state index >= 15 is 0 Å². The number of anilines is 1. The molecule has 1 unspecified atom stereocenters. The van der Waals surface area contributed by atoms with Gasteiger partial charge in [-0.25, -0.2) is 0 Å². The summed E-state index contributed by atoms with van der Waals surface area (Å²) in [5, 5.41) is 22.8. The number of nitrogens with zero attached hydrogens (tertiary/aromatic N) is 2. The fourth-order valence-corrected chi connectivity index (χ4v) is 1.84. The smallest absolute Gasteiger partial charge is 0.292 e. The lowest BCUT2D eigenvalue weighted by Crippen LogP contribution is -2.18. The third kappa shape index (κ3) is 2.53. The molecule has 1 fully saturated rings. The van der Waals surface area contributed by atoms with Crippen molar-refractivity contribution in [2.45, 2.75) is 25.8 Å². The second kappa shape index (κ2) is 4.42. The molecule has 5 heteroatoms. The van der Waals surface area contributed by atoms with E-state index in [1.807, 2.05) is 13.0 Å². The number of nitrogens with one attached hydrogen (secondary N) is 1. The van der Waals surface area contributed by atoms with Gasteiger partial charge >= 0.3 is 0 Å². The molecule has 0 spiro atoms. The predicted molar refractivity (Wildman–Crippen MR) is 63.6 cm³/mol. The second-order valence-corrected chi connectivity index (χ2v) is 4.37. The van der Waals surface area contributed by atoms with Crippen LogP contribution in [0.1, 0.15) is 25.3 Å². The monoisotopic (exact) mass is 231 g/mol. The van der Waals surface area contributed by atoms with E-state index in [4.69, 9.17) is 5.26 Å². The summed E-state index contributed by atoms with van der Waals surface area (Å²) in [6, 6.07) is 6.58. The summed E-state index contributed by atoms with van der Waals surface area (Å²) in [5.74, 6) is 0.598. The van der Waals surface area contributed by atoms with Gasteiger partial charge in [0.05, 0.1) is 16.6 Å². The van der Waals surface area contributed by atoms with Gasteiger partial charge in [0.15, 0.2) is 0 Å². The summed E-state index contributed by atoms with van der Waals surface area (Å²) >= 11 is 0.